The Morgan fingerprint density at radius 2 is 1.69 bits per heavy atom. The molecule has 1 amide bonds. The molecule has 0 bridgehead atoms. The van der Waals surface area contributed by atoms with Crippen molar-refractivity contribution in [3.63, 3.8) is 0 Å². The highest BCUT2D eigenvalue weighted by Crippen LogP contribution is 2.18. The molecular formula is C25H33N3O. The number of carbonyl (C=O) groups excluding carboxylic acids is 1. The van der Waals surface area contributed by atoms with Crippen LogP contribution in [0.1, 0.15) is 56.8 Å². The fourth-order valence-electron chi connectivity index (χ4n) is 3.76. The van der Waals surface area contributed by atoms with Crippen molar-refractivity contribution in [3.05, 3.63) is 66.0 Å². The SMILES string of the molecule is CCCCCCCn1c(CCCNC(=O)Cc2ccccc2)nc2ccccc21. The van der Waals surface area contributed by atoms with Crippen LogP contribution in [0.5, 0.6) is 0 Å². The highest BCUT2D eigenvalue weighted by molar-refractivity contribution is 5.78. The van der Waals surface area contributed by atoms with Crippen molar-refractivity contribution < 1.29 is 4.79 Å². The highest BCUT2D eigenvalue weighted by atomic mass is 16.1. The Balaban J connectivity index is 1.51. The summed E-state index contributed by atoms with van der Waals surface area (Å²) in [4.78, 5) is 17.0. The molecule has 0 atom stereocenters. The van der Waals surface area contributed by atoms with E-state index in [4.69, 9.17) is 4.98 Å². The fraction of sp³-hybridized carbons (Fsp3) is 0.440. The smallest absolute Gasteiger partial charge is 0.224 e. The summed E-state index contributed by atoms with van der Waals surface area (Å²) in [7, 11) is 0. The molecule has 0 aliphatic carbocycles. The minimum Gasteiger partial charge on any atom is -0.356 e. The summed E-state index contributed by atoms with van der Waals surface area (Å²) in [6.45, 7) is 3.96. The van der Waals surface area contributed by atoms with Crippen LogP contribution in [0.2, 0.25) is 0 Å². The number of para-hydroxylation sites is 2. The Kier molecular flexibility index (Phi) is 8.29. The molecule has 0 saturated heterocycles. The lowest BCUT2D eigenvalue weighted by molar-refractivity contribution is -0.120. The van der Waals surface area contributed by atoms with Gasteiger partial charge in [0.25, 0.3) is 0 Å². The third-order valence-electron chi connectivity index (χ3n) is 5.33. The van der Waals surface area contributed by atoms with Crippen LogP contribution in [0.3, 0.4) is 0 Å². The average Bonchev–Trinajstić information content (AvgIpc) is 3.09. The van der Waals surface area contributed by atoms with Gasteiger partial charge in [-0.05, 0) is 30.5 Å². The summed E-state index contributed by atoms with van der Waals surface area (Å²) in [6.07, 6.45) is 8.60. The lowest BCUT2D eigenvalue weighted by Crippen LogP contribution is -2.26. The number of nitrogens with zero attached hydrogens (tertiary/aromatic N) is 2. The topological polar surface area (TPSA) is 46.9 Å². The predicted octanol–water partition coefficient (Wildman–Crippen LogP) is 5.30. The lowest BCUT2D eigenvalue weighted by Gasteiger charge is -2.10. The molecule has 1 N–H and O–H groups in total. The number of aryl methyl sites for hydroxylation is 2. The van der Waals surface area contributed by atoms with E-state index in [-0.39, 0.29) is 5.91 Å². The second-order valence-corrected chi connectivity index (χ2v) is 7.70. The molecule has 0 aliphatic heterocycles. The second-order valence-electron chi connectivity index (χ2n) is 7.70. The molecular weight excluding hydrogens is 358 g/mol. The summed E-state index contributed by atoms with van der Waals surface area (Å²) in [5.74, 6) is 1.22. The van der Waals surface area contributed by atoms with Crippen molar-refractivity contribution in [1.29, 1.82) is 0 Å². The zero-order chi connectivity index (χ0) is 20.3. The summed E-state index contributed by atoms with van der Waals surface area (Å²) < 4.78 is 2.38. The Labute approximate surface area is 174 Å². The highest BCUT2D eigenvalue weighted by Gasteiger charge is 2.10. The van der Waals surface area contributed by atoms with E-state index in [2.05, 4.69) is 41.1 Å². The van der Waals surface area contributed by atoms with Gasteiger partial charge in [0.1, 0.15) is 5.82 Å². The first-order valence-electron chi connectivity index (χ1n) is 11.0. The number of carbonyl (C=O) groups is 1. The Bertz CT molecular complexity index is 885. The molecule has 154 valence electrons. The third kappa shape index (κ3) is 6.45. The number of unbranched alkanes of at least 4 members (excludes halogenated alkanes) is 4. The zero-order valence-electron chi connectivity index (χ0n) is 17.6. The standard InChI is InChI=1S/C25H33N3O/c1-2-3-4-5-11-19-28-23-16-10-9-15-22(23)27-24(28)17-12-18-26-25(29)20-21-13-7-6-8-14-21/h6-10,13-16H,2-5,11-12,17-20H2,1H3,(H,26,29). The largest absolute Gasteiger partial charge is 0.356 e. The van der Waals surface area contributed by atoms with Crippen LogP contribution in [-0.2, 0) is 24.2 Å². The van der Waals surface area contributed by atoms with E-state index in [1.807, 2.05) is 30.3 Å². The van der Waals surface area contributed by atoms with Crippen LogP contribution in [0.25, 0.3) is 11.0 Å². The van der Waals surface area contributed by atoms with E-state index in [1.54, 1.807) is 0 Å². The van der Waals surface area contributed by atoms with Crippen molar-refractivity contribution in [2.75, 3.05) is 6.54 Å². The van der Waals surface area contributed by atoms with Crippen LogP contribution < -0.4 is 5.32 Å². The van der Waals surface area contributed by atoms with E-state index in [9.17, 15) is 4.79 Å². The molecule has 3 aromatic rings. The number of hydrogen-bond acceptors (Lipinski definition) is 2. The minimum atomic E-state index is 0.0839. The van der Waals surface area contributed by atoms with Crippen molar-refractivity contribution in [2.24, 2.45) is 0 Å². The molecule has 4 nitrogen and oxygen atoms in total. The maximum atomic E-state index is 12.1. The fourth-order valence-corrected chi connectivity index (χ4v) is 3.76. The van der Waals surface area contributed by atoms with Crippen molar-refractivity contribution in [3.8, 4) is 0 Å². The van der Waals surface area contributed by atoms with E-state index >= 15 is 0 Å². The van der Waals surface area contributed by atoms with E-state index in [0.29, 0.717) is 13.0 Å². The number of fused-ring (bicyclic) bond motifs is 1. The summed E-state index contributed by atoms with van der Waals surface area (Å²) in [5.41, 5.74) is 3.35. The molecule has 0 radical (unpaired) electrons. The van der Waals surface area contributed by atoms with Crippen molar-refractivity contribution >= 4 is 16.9 Å². The molecule has 0 aliphatic rings. The van der Waals surface area contributed by atoms with Gasteiger partial charge in [-0.3, -0.25) is 4.79 Å². The summed E-state index contributed by atoms with van der Waals surface area (Å²) in [5, 5.41) is 3.04. The number of nitrogens with one attached hydrogen (secondary N) is 1. The Morgan fingerprint density at radius 1 is 0.931 bits per heavy atom. The molecule has 0 spiro atoms. The Hall–Kier alpha value is -2.62. The van der Waals surface area contributed by atoms with Gasteiger partial charge in [-0.25, -0.2) is 4.98 Å². The minimum absolute atomic E-state index is 0.0839. The van der Waals surface area contributed by atoms with Gasteiger partial charge in [-0.2, -0.15) is 0 Å². The molecule has 29 heavy (non-hydrogen) atoms. The van der Waals surface area contributed by atoms with Gasteiger partial charge in [-0.15, -0.1) is 0 Å². The first kappa shape index (κ1) is 21.1. The molecule has 1 aromatic heterocycles. The predicted molar refractivity (Wildman–Crippen MR) is 120 cm³/mol. The van der Waals surface area contributed by atoms with Gasteiger partial charge in [0.05, 0.1) is 17.5 Å². The molecule has 2 aromatic carbocycles. The number of amides is 1. The number of rotatable bonds is 12. The molecule has 3 rings (SSSR count). The number of hydrogen-bond donors (Lipinski definition) is 1. The van der Waals surface area contributed by atoms with Gasteiger partial charge in [0.2, 0.25) is 5.91 Å². The Morgan fingerprint density at radius 3 is 2.52 bits per heavy atom. The van der Waals surface area contributed by atoms with Crippen LogP contribution in [-0.4, -0.2) is 22.0 Å². The van der Waals surface area contributed by atoms with Crippen LogP contribution in [0.15, 0.2) is 54.6 Å². The lowest BCUT2D eigenvalue weighted by atomic mass is 10.1. The van der Waals surface area contributed by atoms with Crippen LogP contribution in [0, 0.1) is 0 Å². The second kappa shape index (κ2) is 11.4. The monoisotopic (exact) mass is 391 g/mol. The normalized spacial score (nSPS) is 11.1. The quantitative estimate of drug-likeness (QED) is 0.426. The third-order valence-corrected chi connectivity index (χ3v) is 5.33. The first-order chi connectivity index (χ1) is 14.3. The summed E-state index contributed by atoms with van der Waals surface area (Å²) in [6, 6.07) is 18.3. The van der Waals surface area contributed by atoms with Crippen LogP contribution in [0.4, 0.5) is 0 Å². The molecule has 0 saturated carbocycles. The van der Waals surface area contributed by atoms with E-state index in [1.165, 1.54) is 37.6 Å². The molecule has 4 heteroatoms. The number of aromatic nitrogens is 2. The zero-order valence-corrected chi connectivity index (χ0v) is 17.6. The van der Waals surface area contributed by atoms with Crippen molar-refractivity contribution in [2.45, 2.75) is 64.8 Å². The van der Waals surface area contributed by atoms with Crippen LogP contribution >= 0.6 is 0 Å². The van der Waals surface area contributed by atoms with Gasteiger partial charge >= 0.3 is 0 Å². The first-order valence-corrected chi connectivity index (χ1v) is 11.0. The van der Waals surface area contributed by atoms with Gasteiger partial charge < -0.3 is 9.88 Å². The summed E-state index contributed by atoms with van der Waals surface area (Å²) >= 11 is 0. The van der Waals surface area contributed by atoms with Crippen molar-refractivity contribution in [1.82, 2.24) is 14.9 Å². The van der Waals surface area contributed by atoms with E-state index < -0.39 is 0 Å². The molecule has 0 unspecified atom stereocenters. The van der Waals surface area contributed by atoms with E-state index in [0.717, 1.165) is 36.3 Å². The maximum Gasteiger partial charge on any atom is 0.224 e. The van der Waals surface area contributed by atoms with Gasteiger partial charge in [0.15, 0.2) is 0 Å². The van der Waals surface area contributed by atoms with Gasteiger partial charge in [0, 0.05) is 19.5 Å². The molecule has 1 heterocycles. The number of benzene rings is 2. The molecule has 0 fully saturated rings. The maximum absolute atomic E-state index is 12.1. The average molecular weight is 392 g/mol. The number of imidazole rings is 1. The van der Waals surface area contributed by atoms with Gasteiger partial charge in [-0.1, -0.05) is 75.1 Å².